The van der Waals surface area contributed by atoms with Gasteiger partial charge in [0.25, 0.3) is 0 Å². The molecular weight excluding hydrogens is 222 g/mol. The zero-order valence-corrected chi connectivity index (χ0v) is 10.5. The number of thiazole rings is 1. The van der Waals surface area contributed by atoms with Gasteiger partial charge in [-0.05, 0) is 31.6 Å². The Kier molecular flexibility index (Phi) is 4.43. The van der Waals surface area contributed by atoms with Crippen LogP contribution in [0.15, 0.2) is 23.6 Å². The van der Waals surface area contributed by atoms with Crippen molar-refractivity contribution in [3.05, 3.63) is 34.3 Å². The molecule has 4 heteroatoms. The van der Waals surface area contributed by atoms with Crippen LogP contribution < -0.4 is 0 Å². The predicted octanol–water partition coefficient (Wildman–Crippen LogP) is 2.97. The average Bonchev–Trinajstić information content (AvgIpc) is 2.60. The summed E-state index contributed by atoms with van der Waals surface area (Å²) in [6.07, 6.45) is 3.13. The van der Waals surface area contributed by atoms with E-state index in [1.165, 1.54) is 6.92 Å². The van der Waals surface area contributed by atoms with E-state index >= 15 is 0 Å². The summed E-state index contributed by atoms with van der Waals surface area (Å²) in [5.74, 6) is -0.313. The lowest BCUT2D eigenvalue weighted by Crippen LogP contribution is -2.14. The first-order valence-electron chi connectivity index (χ1n) is 4.93. The minimum atomic E-state index is -0.375. The van der Waals surface area contributed by atoms with Crippen LogP contribution in [-0.2, 0) is 9.53 Å². The maximum absolute atomic E-state index is 10.9. The molecule has 0 N–H and O–H groups in total. The Morgan fingerprint density at radius 3 is 2.75 bits per heavy atom. The van der Waals surface area contributed by atoms with Gasteiger partial charge in [0.15, 0.2) is 0 Å². The van der Waals surface area contributed by atoms with Crippen molar-refractivity contribution in [2.24, 2.45) is 0 Å². The number of esters is 1. The topological polar surface area (TPSA) is 39.2 Å². The molecule has 0 bridgehead atoms. The van der Waals surface area contributed by atoms with Crippen LogP contribution in [0.2, 0.25) is 0 Å². The lowest BCUT2D eigenvalue weighted by molar-refractivity contribution is -0.142. The third-order valence-electron chi connectivity index (χ3n) is 1.97. The Morgan fingerprint density at radius 2 is 2.31 bits per heavy atom. The Labute approximate surface area is 99.5 Å². The molecule has 0 spiro atoms. The van der Waals surface area contributed by atoms with Crippen molar-refractivity contribution in [2.45, 2.75) is 26.9 Å². The summed E-state index contributed by atoms with van der Waals surface area (Å²) in [5.41, 5.74) is 1.80. The van der Waals surface area contributed by atoms with Crippen LogP contribution in [-0.4, -0.2) is 17.1 Å². The Morgan fingerprint density at radius 1 is 1.62 bits per heavy atom. The molecule has 1 atom stereocenters. The molecule has 1 rings (SSSR count). The van der Waals surface area contributed by atoms with Gasteiger partial charge in [-0.2, -0.15) is 0 Å². The minimum Gasteiger partial charge on any atom is -0.454 e. The average molecular weight is 237 g/mol. The smallest absolute Gasteiger partial charge is 0.303 e. The van der Waals surface area contributed by atoms with Crippen LogP contribution in [0.5, 0.6) is 0 Å². The molecule has 0 fully saturated rings. The first kappa shape index (κ1) is 12.6. The maximum atomic E-state index is 10.9. The molecule has 0 aromatic carbocycles. The van der Waals surface area contributed by atoms with Crippen LogP contribution >= 0.6 is 11.3 Å². The number of carbonyl (C=O) groups excluding carboxylic acids is 1. The zero-order chi connectivity index (χ0) is 12.1. The predicted molar refractivity (Wildman–Crippen MR) is 66.3 cm³/mol. The number of rotatable bonds is 4. The van der Waals surface area contributed by atoms with E-state index in [2.05, 4.69) is 11.6 Å². The van der Waals surface area contributed by atoms with Gasteiger partial charge < -0.3 is 4.74 Å². The molecule has 86 valence electrons. The standard InChI is InChI=1S/C12H15NO2S/c1-5-12(15-10(4)14)8(2)6-11-7-16-9(3)13-11/h5-7,12H,1H2,2-4H3/b8-6+/t12-/m1/s1. The quantitative estimate of drug-likeness (QED) is 0.597. The van der Waals surface area contributed by atoms with Gasteiger partial charge in [-0.25, -0.2) is 4.98 Å². The molecule has 0 aliphatic rings. The molecule has 0 amide bonds. The van der Waals surface area contributed by atoms with E-state index in [4.69, 9.17) is 4.74 Å². The van der Waals surface area contributed by atoms with Crippen LogP contribution in [0.25, 0.3) is 6.08 Å². The van der Waals surface area contributed by atoms with Gasteiger partial charge in [0.05, 0.1) is 10.7 Å². The number of nitrogens with zero attached hydrogens (tertiary/aromatic N) is 1. The second-order valence-corrected chi connectivity index (χ2v) is 4.51. The van der Waals surface area contributed by atoms with E-state index in [-0.39, 0.29) is 12.1 Å². The van der Waals surface area contributed by atoms with Crippen molar-refractivity contribution in [3.63, 3.8) is 0 Å². The van der Waals surface area contributed by atoms with Gasteiger partial charge in [0, 0.05) is 12.3 Å². The molecule has 0 unspecified atom stereocenters. The van der Waals surface area contributed by atoms with Crippen molar-refractivity contribution in [2.75, 3.05) is 0 Å². The summed E-state index contributed by atoms with van der Waals surface area (Å²) in [5, 5.41) is 2.98. The van der Waals surface area contributed by atoms with Crippen molar-refractivity contribution >= 4 is 23.4 Å². The first-order chi connectivity index (χ1) is 7.52. The highest BCUT2D eigenvalue weighted by atomic mass is 32.1. The highest BCUT2D eigenvalue weighted by molar-refractivity contribution is 7.09. The van der Waals surface area contributed by atoms with E-state index in [0.29, 0.717) is 0 Å². The van der Waals surface area contributed by atoms with Crippen molar-refractivity contribution in [1.82, 2.24) is 4.98 Å². The van der Waals surface area contributed by atoms with Gasteiger partial charge in [0.1, 0.15) is 6.10 Å². The van der Waals surface area contributed by atoms with Gasteiger partial charge in [-0.1, -0.05) is 6.58 Å². The Bertz CT molecular complexity index is 420. The van der Waals surface area contributed by atoms with Crippen LogP contribution in [0.3, 0.4) is 0 Å². The SMILES string of the molecule is C=C[C@@H](OC(C)=O)/C(C)=C/c1csc(C)n1. The maximum Gasteiger partial charge on any atom is 0.303 e. The Balaban J connectivity index is 2.81. The van der Waals surface area contributed by atoms with E-state index < -0.39 is 0 Å². The summed E-state index contributed by atoms with van der Waals surface area (Å²) in [4.78, 5) is 15.2. The van der Waals surface area contributed by atoms with E-state index in [1.54, 1.807) is 17.4 Å². The molecule has 0 aliphatic carbocycles. The van der Waals surface area contributed by atoms with Crippen LogP contribution in [0, 0.1) is 6.92 Å². The third kappa shape index (κ3) is 3.62. The molecule has 0 radical (unpaired) electrons. The monoisotopic (exact) mass is 237 g/mol. The minimum absolute atomic E-state index is 0.313. The lowest BCUT2D eigenvalue weighted by Gasteiger charge is -2.12. The fraction of sp³-hybridized carbons (Fsp3) is 0.333. The molecule has 0 aliphatic heterocycles. The normalized spacial score (nSPS) is 13.3. The molecule has 3 nitrogen and oxygen atoms in total. The number of carbonyl (C=O) groups is 1. The van der Waals surface area contributed by atoms with E-state index in [0.717, 1.165) is 16.3 Å². The number of aryl methyl sites for hydroxylation is 1. The molecule has 1 aromatic heterocycles. The number of ether oxygens (including phenoxy) is 1. The van der Waals surface area contributed by atoms with Gasteiger partial charge in [-0.3, -0.25) is 4.79 Å². The lowest BCUT2D eigenvalue weighted by atomic mass is 10.1. The number of hydrogen-bond acceptors (Lipinski definition) is 4. The molecule has 16 heavy (non-hydrogen) atoms. The van der Waals surface area contributed by atoms with Crippen LogP contribution in [0.4, 0.5) is 0 Å². The zero-order valence-electron chi connectivity index (χ0n) is 9.69. The fourth-order valence-electron chi connectivity index (χ4n) is 1.27. The highest BCUT2D eigenvalue weighted by Gasteiger charge is 2.10. The van der Waals surface area contributed by atoms with E-state index in [1.807, 2.05) is 25.3 Å². The first-order valence-corrected chi connectivity index (χ1v) is 5.81. The van der Waals surface area contributed by atoms with E-state index in [9.17, 15) is 4.79 Å². The molecule has 0 saturated heterocycles. The summed E-state index contributed by atoms with van der Waals surface area (Å²) in [7, 11) is 0. The number of hydrogen-bond donors (Lipinski definition) is 0. The highest BCUT2D eigenvalue weighted by Crippen LogP contribution is 2.15. The van der Waals surface area contributed by atoms with Gasteiger partial charge >= 0.3 is 5.97 Å². The second kappa shape index (κ2) is 5.61. The molecule has 1 heterocycles. The van der Waals surface area contributed by atoms with Crippen molar-refractivity contribution in [3.8, 4) is 0 Å². The number of aromatic nitrogens is 1. The fourth-order valence-corrected chi connectivity index (χ4v) is 1.84. The van der Waals surface area contributed by atoms with Gasteiger partial charge in [0.2, 0.25) is 0 Å². The van der Waals surface area contributed by atoms with Gasteiger partial charge in [-0.15, -0.1) is 11.3 Å². The summed E-state index contributed by atoms with van der Waals surface area (Å²) in [6.45, 7) is 8.88. The largest absolute Gasteiger partial charge is 0.454 e. The molecule has 0 saturated carbocycles. The molecular formula is C12H15NO2S. The summed E-state index contributed by atoms with van der Waals surface area (Å²) in [6, 6.07) is 0. The van der Waals surface area contributed by atoms with Crippen molar-refractivity contribution in [1.29, 1.82) is 0 Å². The van der Waals surface area contributed by atoms with Crippen LogP contribution in [0.1, 0.15) is 24.5 Å². The Hall–Kier alpha value is -1.42. The molecule has 1 aromatic rings. The second-order valence-electron chi connectivity index (χ2n) is 3.45. The van der Waals surface area contributed by atoms with Crippen molar-refractivity contribution < 1.29 is 9.53 Å². The summed E-state index contributed by atoms with van der Waals surface area (Å²) >= 11 is 1.59. The third-order valence-corrected chi connectivity index (χ3v) is 2.76. The summed E-state index contributed by atoms with van der Waals surface area (Å²) < 4.78 is 5.09.